The highest BCUT2D eigenvalue weighted by atomic mass is 19.1. The van der Waals surface area contributed by atoms with Gasteiger partial charge in [-0.2, -0.15) is 0 Å². The summed E-state index contributed by atoms with van der Waals surface area (Å²) in [4.78, 5) is 101. The van der Waals surface area contributed by atoms with Crippen molar-refractivity contribution >= 4 is 52.3 Å². The molecule has 1 aliphatic carbocycles. The Kier molecular flexibility index (Phi) is 20.3. The molecule has 4 heterocycles. The number of esters is 2. The second kappa shape index (κ2) is 29.0. The minimum atomic E-state index is -2.05. The van der Waals surface area contributed by atoms with Gasteiger partial charge in [0.05, 0.1) is 46.6 Å². The Morgan fingerprint density at radius 3 is 2.14 bits per heavy atom. The van der Waals surface area contributed by atoms with Gasteiger partial charge >= 0.3 is 18.0 Å². The van der Waals surface area contributed by atoms with Crippen molar-refractivity contribution in [1.29, 1.82) is 0 Å². The molecule has 0 bridgehead atoms. The fourth-order valence-electron chi connectivity index (χ4n) is 13.2. The number of aromatic nitrogens is 2. The fourth-order valence-corrected chi connectivity index (χ4v) is 13.2. The number of carbonyl (C=O) groups is 6. The van der Waals surface area contributed by atoms with Crippen molar-refractivity contribution in [3.05, 3.63) is 247 Å². The zero-order chi connectivity index (χ0) is 67.0. The largest absolute Gasteiger partial charge is 0.461 e. The summed E-state index contributed by atoms with van der Waals surface area (Å²) in [6, 6.07) is 43.5. The molecule has 0 saturated heterocycles. The van der Waals surface area contributed by atoms with Gasteiger partial charge < -0.3 is 50.9 Å². The lowest BCUT2D eigenvalue weighted by Crippen LogP contribution is -2.55. The van der Waals surface area contributed by atoms with Gasteiger partial charge in [0, 0.05) is 41.1 Å². The first-order chi connectivity index (χ1) is 45.9. The third kappa shape index (κ3) is 14.1. The summed E-state index contributed by atoms with van der Waals surface area (Å²) in [6.07, 6.45) is 2.53. The number of aliphatic hydroxyl groups is 1. The average Bonchev–Trinajstić information content (AvgIpc) is 1.61. The van der Waals surface area contributed by atoms with E-state index in [4.69, 9.17) is 24.9 Å². The number of benzene rings is 6. The molecule has 0 fully saturated rings. The number of pyridine rings is 2. The smallest absolute Gasteiger partial charge is 0.407 e. The Morgan fingerprint density at radius 2 is 1.46 bits per heavy atom. The number of fused-ring (bicyclic) bond motifs is 5. The number of carbonyl (C=O) groups excluding carboxylic acids is 6. The number of alkyl carbamates (subject to hydrolysis) is 1. The standard InChI is InChI=1S/C75H77FN8O11/c1-5-38-93-64(85)36-34-58(77)68(86)82-62(39-47-18-10-7-11-19-47)70(88)81-60(24-16-17-37-78-75(49-20-12-8-13-21-49,50-22-14-9-15-23-50)51-29-25-45(3)26-30-51)69(87)79-52-31-27-48(28-32-52)43-95-73(91)83-59-35-33-53-46(4)57(76)41-61-65(53)66(59)54-42-84-63(67(54)80-61)40-56-55(71(84)89)44-94-72(90)74(56,92)6-2/h5,7-15,18-23,25-32,40-41,58-60,62,78,92H,1,6,16-17,24,33-39,42-44,77H2,2-4H3,(H,79,87)(H,81,88)(H,82,86)(H,83,91)/t58?,59-,60-,62-,74-/m0/s1. The van der Waals surface area contributed by atoms with E-state index in [0.717, 1.165) is 33.4 Å². The molecule has 6 aromatic carbocycles. The zero-order valence-corrected chi connectivity index (χ0v) is 53.3. The van der Waals surface area contributed by atoms with Crippen LogP contribution in [0.4, 0.5) is 14.9 Å². The first kappa shape index (κ1) is 66.3. The Hall–Kier alpha value is -10.2. The monoisotopic (exact) mass is 1280 g/mol. The molecular weight excluding hydrogens is 1210 g/mol. The quantitative estimate of drug-likeness (QED) is 0.00875. The Morgan fingerprint density at radius 1 is 0.800 bits per heavy atom. The number of halogens is 1. The molecule has 2 aliphatic heterocycles. The molecule has 11 rings (SSSR count). The third-order valence-corrected chi connectivity index (χ3v) is 18.4. The Balaban J connectivity index is 0.800. The maximum Gasteiger partial charge on any atom is 0.407 e. The van der Waals surface area contributed by atoms with Crippen LogP contribution in [0.2, 0.25) is 0 Å². The van der Waals surface area contributed by atoms with E-state index in [1.54, 1.807) is 44.2 Å². The number of rotatable bonds is 26. The summed E-state index contributed by atoms with van der Waals surface area (Å²) < 4.78 is 33.3. The van der Waals surface area contributed by atoms with E-state index < -0.39 is 82.4 Å². The highest BCUT2D eigenvalue weighted by molar-refractivity contribution is 5.99. The Bertz CT molecular complexity index is 4230. The Labute approximate surface area is 549 Å². The highest BCUT2D eigenvalue weighted by Crippen LogP contribution is 2.46. The molecule has 1 unspecified atom stereocenters. The van der Waals surface area contributed by atoms with Crippen LogP contribution in [0.5, 0.6) is 0 Å². The van der Waals surface area contributed by atoms with Crippen LogP contribution in [-0.4, -0.2) is 81.7 Å². The molecule has 0 spiro atoms. The van der Waals surface area contributed by atoms with E-state index in [1.807, 2.05) is 66.7 Å². The minimum absolute atomic E-state index is 0.00842. The van der Waals surface area contributed by atoms with Gasteiger partial charge in [0.15, 0.2) is 5.60 Å². The summed E-state index contributed by atoms with van der Waals surface area (Å²) >= 11 is 0. The van der Waals surface area contributed by atoms with Crippen LogP contribution in [0.1, 0.15) is 125 Å². The van der Waals surface area contributed by atoms with Gasteiger partial charge in [-0.15, -0.1) is 0 Å². The lowest BCUT2D eigenvalue weighted by Gasteiger charge is -2.37. The number of unbranched alkanes of at least 4 members (excludes halogenated alkanes) is 1. The van der Waals surface area contributed by atoms with Crippen LogP contribution >= 0.6 is 0 Å². The predicted octanol–water partition coefficient (Wildman–Crippen LogP) is 9.49. The van der Waals surface area contributed by atoms with E-state index in [0.29, 0.717) is 82.5 Å². The fraction of sp³-hybridized carbons (Fsp3) is 0.307. The molecule has 2 aromatic heterocycles. The van der Waals surface area contributed by atoms with Crippen LogP contribution < -0.4 is 37.9 Å². The number of hydrogen-bond donors (Lipinski definition) is 7. The van der Waals surface area contributed by atoms with Gasteiger partial charge in [-0.1, -0.05) is 153 Å². The number of nitrogens with one attached hydrogen (secondary N) is 5. The summed E-state index contributed by atoms with van der Waals surface area (Å²) in [7, 11) is 0. The van der Waals surface area contributed by atoms with Gasteiger partial charge in [-0.25, -0.2) is 19.0 Å². The lowest BCUT2D eigenvalue weighted by molar-refractivity contribution is -0.172. The summed E-state index contributed by atoms with van der Waals surface area (Å²) in [5.74, 6) is -3.69. The number of ether oxygens (including phenoxy) is 3. The average molecular weight is 1290 g/mol. The zero-order valence-electron chi connectivity index (χ0n) is 53.3. The normalized spacial score (nSPS) is 16.2. The van der Waals surface area contributed by atoms with Gasteiger partial charge in [0.2, 0.25) is 17.7 Å². The van der Waals surface area contributed by atoms with Crippen molar-refractivity contribution in [2.45, 2.75) is 134 Å². The number of hydrogen-bond acceptors (Lipinski definition) is 14. The molecular formula is C75H77FN8O11. The van der Waals surface area contributed by atoms with Crippen molar-refractivity contribution in [3.8, 4) is 11.4 Å². The second-order valence-electron chi connectivity index (χ2n) is 24.5. The van der Waals surface area contributed by atoms with E-state index >= 15 is 4.39 Å². The summed E-state index contributed by atoms with van der Waals surface area (Å²) in [5.41, 5.74) is 12.8. The number of nitrogens with zero attached hydrogens (tertiary/aromatic N) is 2. The molecule has 490 valence electrons. The molecule has 19 nitrogen and oxygen atoms in total. The van der Waals surface area contributed by atoms with Crippen molar-refractivity contribution in [1.82, 2.24) is 30.8 Å². The van der Waals surface area contributed by atoms with Crippen LogP contribution in [0.15, 0.2) is 169 Å². The SMILES string of the molecule is C=CCOC(=O)CCC(N)C(=O)N[C@@H](Cc1ccccc1)C(=O)N[C@@H](CCCCNC(c1ccccc1)(c1ccccc1)c1ccc(C)cc1)C(=O)Nc1ccc(COC(=O)N[C@H]2CCc3c(C)c(F)cc4nc5c(c2c34)Cn2c-5cc3c(c2=O)COC(=O)[C@]3(O)CC)cc1. The number of anilines is 1. The molecule has 5 atom stereocenters. The van der Waals surface area contributed by atoms with Gasteiger partial charge in [0.1, 0.15) is 37.7 Å². The lowest BCUT2D eigenvalue weighted by atomic mass is 9.76. The van der Waals surface area contributed by atoms with Crippen molar-refractivity contribution in [3.63, 3.8) is 0 Å². The summed E-state index contributed by atoms with van der Waals surface area (Å²) in [6.45, 7) is 9.01. The second-order valence-corrected chi connectivity index (χ2v) is 24.5. The van der Waals surface area contributed by atoms with Gasteiger partial charge in [0.25, 0.3) is 5.56 Å². The topological polar surface area (TPSA) is 271 Å². The van der Waals surface area contributed by atoms with Crippen LogP contribution in [0.25, 0.3) is 22.3 Å². The van der Waals surface area contributed by atoms with Gasteiger partial charge in [-0.05, 0) is 128 Å². The molecule has 4 amide bonds. The summed E-state index contributed by atoms with van der Waals surface area (Å²) in [5, 5.41) is 27.8. The first-order valence-corrected chi connectivity index (χ1v) is 32.1. The maximum absolute atomic E-state index is 15.6. The molecule has 0 radical (unpaired) electrons. The van der Waals surface area contributed by atoms with Crippen molar-refractivity contribution < 1.29 is 52.5 Å². The number of amides is 4. The van der Waals surface area contributed by atoms with Crippen LogP contribution in [0, 0.1) is 19.7 Å². The molecule has 8 N–H and O–H groups in total. The molecule has 20 heteroatoms. The third-order valence-electron chi connectivity index (χ3n) is 18.4. The number of nitrogens with two attached hydrogens (primary N) is 1. The van der Waals surface area contributed by atoms with Gasteiger partial charge in [-0.3, -0.25) is 29.3 Å². The maximum atomic E-state index is 15.6. The minimum Gasteiger partial charge on any atom is -0.461 e. The van der Waals surface area contributed by atoms with Crippen LogP contribution in [0.3, 0.4) is 0 Å². The van der Waals surface area contributed by atoms with E-state index in [9.17, 15) is 38.7 Å². The highest BCUT2D eigenvalue weighted by Gasteiger charge is 2.46. The predicted molar refractivity (Wildman–Crippen MR) is 357 cm³/mol. The van der Waals surface area contributed by atoms with E-state index in [1.165, 1.54) is 16.7 Å². The molecule has 95 heavy (non-hydrogen) atoms. The van der Waals surface area contributed by atoms with Crippen LogP contribution in [-0.2, 0) is 81.9 Å². The van der Waals surface area contributed by atoms with E-state index in [-0.39, 0.29) is 69.6 Å². The number of cyclic esters (lactones) is 1. The van der Waals surface area contributed by atoms with Crippen molar-refractivity contribution in [2.75, 3.05) is 18.5 Å². The molecule has 3 aliphatic rings. The molecule has 0 saturated carbocycles. The number of aryl methyl sites for hydroxylation is 2. The first-order valence-electron chi connectivity index (χ1n) is 32.1. The molecule has 8 aromatic rings. The van der Waals surface area contributed by atoms with Crippen molar-refractivity contribution in [2.24, 2.45) is 5.73 Å². The van der Waals surface area contributed by atoms with E-state index in [2.05, 4.69) is 88.6 Å².